The molecule has 2 aromatic carbocycles. The Balaban J connectivity index is 1.67. The minimum Gasteiger partial charge on any atom is -0.504 e. The number of ether oxygens (including phenoxy) is 2. The normalized spacial score (nSPS) is 16.3. The van der Waals surface area contributed by atoms with Crippen LogP contribution in [0.1, 0.15) is 25.5 Å². The average Bonchev–Trinajstić information content (AvgIpc) is 2.69. The summed E-state index contributed by atoms with van der Waals surface area (Å²) in [5, 5.41) is 9.80. The molecule has 1 atom stereocenters. The summed E-state index contributed by atoms with van der Waals surface area (Å²) in [4.78, 5) is 4.86. The highest BCUT2D eigenvalue weighted by atomic mass is 16.5. The van der Waals surface area contributed by atoms with Gasteiger partial charge in [-0.2, -0.15) is 0 Å². The lowest BCUT2D eigenvalue weighted by molar-refractivity contribution is 0.197. The van der Waals surface area contributed by atoms with Gasteiger partial charge in [0.1, 0.15) is 5.75 Å². The van der Waals surface area contributed by atoms with Gasteiger partial charge in [-0.25, -0.2) is 0 Å². The number of piperazine rings is 1. The van der Waals surface area contributed by atoms with E-state index >= 15 is 0 Å². The first-order valence-electron chi connectivity index (χ1n) is 9.21. The average molecular weight is 356 g/mol. The molecular weight excluding hydrogens is 328 g/mol. The monoisotopic (exact) mass is 356 g/mol. The van der Waals surface area contributed by atoms with E-state index in [2.05, 4.69) is 28.9 Å². The Bertz CT molecular complexity index is 727. The van der Waals surface area contributed by atoms with Crippen LogP contribution >= 0.6 is 0 Å². The first kappa shape index (κ1) is 18.4. The number of phenolic OH excluding ortho intramolecular Hbond substituents is 1. The molecule has 1 fully saturated rings. The highest BCUT2D eigenvalue weighted by Gasteiger charge is 2.24. The van der Waals surface area contributed by atoms with E-state index < -0.39 is 0 Å². The first-order valence-corrected chi connectivity index (χ1v) is 9.21. The van der Waals surface area contributed by atoms with E-state index in [1.807, 2.05) is 31.2 Å². The Hall–Kier alpha value is -2.40. The van der Waals surface area contributed by atoms with Crippen LogP contribution in [0.25, 0.3) is 0 Å². The first-order chi connectivity index (χ1) is 12.6. The van der Waals surface area contributed by atoms with Gasteiger partial charge in [-0.05, 0) is 43.7 Å². The van der Waals surface area contributed by atoms with E-state index in [1.165, 1.54) is 5.69 Å². The highest BCUT2D eigenvalue weighted by Crippen LogP contribution is 2.33. The zero-order valence-electron chi connectivity index (χ0n) is 15.8. The fourth-order valence-electron chi connectivity index (χ4n) is 3.51. The molecule has 1 aliphatic rings. The van der Waals surface area contributed by atoms with Gasteiger partial charge in [-0.15, -0.1) is 0 Å². The van der Waals surface area contributed by atoms with Crippen LogP contribution in [0.3, 0.4) is 0 Å². The standard InChI is InChI=1S/C21H28N2O3/c1-4-26-20-8-6-5-7-18(20)23-13-11-22(12-14-23)16(2)17-9-10-19(24)21(15-17)25-3/h5-10,15-16,24H,4,11-14H2,1-3H3. The Morgan fingerprint density at radius 2 is 1.77 bits per heavy atom. The van der Waals surface area contributed by atoms with Gasteiger partial charge in [0.15, 0.2) is 11.5 Å². The number of para-hydroxylation sites is 2. The van der Waals surface area contributed by atoms with Gasteiger partial charge in [0, 0.05) is 32.2 Å². The number of benzene rings is 2. The van der Waals surface area contributed by atoms with Crippen molar-refractivity contribution in [3.8, 4) is 17.2 Å². The molecule has 1 saturated heterocycles. The maximum atomic E-state index is 9.80. The molecule has 1 aliphatic heterocycles. The number of methoxy groups -OCH3 is 1. The molecule has 0 aromatic heterocycles. The molecule has 1 heterocycles. The predicted molar refractivity (Wildman–Crippen MR) is 104 cm³/mol. The molecule has 1 N–H and O–H groups in total. The zero-order chi connectivity index (χ0) is 18.5. The second kappa shape index (κ2) is 8.32. The minimum atomic E-state index is 0.181. The van der Waals surface area contributed by atoms with Gasteiger partial charge < -0.3 is 19.5 Å². The summed E-state index contributed by atoms with van der Waals surface area (Å²) in [6.07, 6.45) is 0. The predicted octanol–water partition coefficient (Wildman–Crippen LogP) is 3.68. The van der Waals surface area contributed by atoms with Crippen molar-refractivity contribution in [2.24, 2.45) is 0 Å². The lowest BCUT2D eigenvalue weighted by atomic mass is 10.0. The molecule has 5 nitrogen and oxygen atoms in total. The van der Waals surface area contributed by atoms with Crippen molar-refractivity contribution < 1.29 is 14.6 Å². The van der Waals surface area contributed by atoms with Crippen LogP contribution in [0.15, 0.2) is 42.5 Å². The number of nitrogens with zero attached hydrogens (tertiary/aromatic N) is 2. The second-order valence-electron chi connectivity index (χ2n) is 6.53. The molecule has 2 aromatic rings. The summed E-state index contributed by atoms with van der Waals surface area (Å²) >= 11 is 0. The van der Waals surface area contributed by atoms with Crippen LogP contribution in [-0.2, 0) is 0 Å². The Morgan fingerprint density at radius 3 is 2.46 bits per heavy atom. The van der Waals surface area contributed by atoms with Crippen molar-refractivity contribution in [2.45, 2.75) is 19.9 Å². The fraction of sp³-hybridized carbons (Fsp3) is 0.429. The van der Waals surface area contributed by atoms with Crippen LogP contribution < -0.4 is 14.4 Å². The number of aromatic hydroxyl groups is 1. The number of anilines is 1. The van der Waals surface area contributed by atoms with Crippen LogP contribution in [0.2, 0.25) is 0 Å². The van der Waals surface area contributed by atoms with E-state index in [0.29, 0.717) is 12.4 Å². The lowest BCUT2D eigenvalue weighted by Gasteiger charge is -2.39. The SMILES string of the molecule is CCOc1ccccc1N1CCN(C(C)c2ccc(O)c(OC)c2)CC1. The number of rotatable bonds is 6. The smallest absolute Gasteiger partial charge is 0.160 e. The lowest BCUT2D eigenvalue weighted by Crippen LogP contribution is -2.47. The second-order valence-corrected chi connectivity index (χ2v) is 6.53. The zero-order valence-corrected chi connectivity index (χ0v) is 15.8. The van der Waals surface area contributed by atoms with Crippen molar-refractivity contribution in [1.29, 1.82) is 0 Å². The Morgan fingerprint density at radius 1 is 1.04 bits per heavy atom. The van der Waals surface area contributed by atoms with Gasteiger partial charge in [0.25, 0.3) is 0 Å². The van der Waals surface area contributed by atoms with Crippen molar-refractivity contribution >= 4 is 5.69 Å². The van der Waals surface area contributed by atoms with Gasteiger partial charge in [-0.3, -0.25) is 4.90 Å². The molecule has 0 saturated carbocycles. The molecule has 0 spiro atoms. The Kier molecular flexibility index (Phi) is 5.89. The summed E-state index contributed by atoms with van der Waals surface area (Å²) in [6.45, 7) is 8.78. The maximum Gasteiger partial charge on any atom is 0.160 e. The molecule has 0 radical (unpaired) electrons. The summed E-state index contributed by atoms with van der Waals surface area (Å²) in [5.74, 6) is 1.67. The molecule has 140 valence electrons. The number of hydrogen-bond acceptors (Lipinski definition) is 5. The van der Waals surface area contributed by atoms with Crippen LogP contribution in [0, 0.1) is 0 Å². The van der Waals surface area contributed by atoms with E-state index in [1.54, 1.807) is 13.2 Å². The molecule has 26 heavy (non-hydrogen) atoms. The third-order valence-corrected chi connectivity index (χ3v) is 5.05. The summed E-state index contributed by atoms with van der Waals surface area (Å²) in [5.41, 5.74) is 2.33. The Labute approximate surface area is 155 Å². The molecule has 1 unspecified atom stereocenters. The summed E-state index contributed by atoms with van der Waals surface area (Å²) < 4.78 is 11.0. The quantitative estimate of drug-likeness (QED) is 0.855. The highest BCUT2D eigenvalue weighted by molar-refractivity contribution is 5.58. The summed E-state index contributed by atoms with van der Waals surface area (Å²) in [7, 11) is 1.58. The van der Waals surface area contributed by atoms with Crippen LogP contribution in [-0.4, -0.2) is 49.9 Å². The topological polar surface area (TPSA) is 45.2 Å². The van der Waals surface area contributed by atoms with E-state index in [4.69, 9.17) is 9.47 Å². The molecule has 0 amide bonds. The third kappa shape index (κ3) is 3.88. The van der Waals surface area contributed by atoms with Crippen LogP contribution in [0.4, 0.5) is 5.69 Å². The molecule has 0 bridgehead atoms. The van der Waals surface area contributed by atoms with Gasteiger partial charge >= 0.3 is 0 Å². The maximum absolute atomic E-state index is 9.80. The molecule has 5 heteroatoms. The van der Waals surface area contributed by atoms with Crippen molar-refractivity contribution in [2.75, 3.05) is 44.8 Å². The van der Waals surface area contributed by atoms with Gasteiger partial charge in [0.05, 0.1) is 19.4 Å². The molecular formula is C21H28N2O3. The van der Waals surface area contributed by atoms with E-state index in [0.717, 1.165) is 37.5 Å². The van der Waals surface area contributed by atoms with E-state index in [-0.39, 0.29) is 11.8 Å². The number of phenols is 1. The molecule has 0 aliphatic carbocycles. The van der Waals surface area contributed by atoms with E-state index in [9.17, 15) is 5.11 Å². The van der Waals surface area contributed by atoms with Gasteiger partial charge in [-0.1, -0.05) is 18.2 Å². The number of hydrogen-bond donors (Lipinski definition) is 1. The minimum absolute atomic E-state index is 0.181. The largest absolute Gasteiger partial charge is 0.504 e. The van der Waals surface area contributed by atoms with Crippen molar-refractivity contribution in [3.63, 3.8) is 0 Å². The fourth-order valence-corrected chi connectivity index (χ4v) is 3.51. The van der Waals surface area contributed by atoms with Crippen molar-refractivity contribution in [3.05, 3.63) is 48.0 Å². The summed E-state index contributed by atoms with van der Waals surface area (Å²) in [6, 6.07) is 14.1. The third-order valence-electron chi connectivity index (χ3n) is 5.05. The van der Waals surface area contributed by atoms with Crippen molar-refractivity contribution in [1.82, 2.24) is 4.90 Å². The van der Waals surface area contributed by atoms with Crippen LogP contribution in [0.5, 0.6) is 17.2 Å². The molecule has 3 rings (SSSR count). The van der Waals surface area contributed by atoms with Gasteiger partial charge in [0.2, 0.25) is 0 Å².